The van der Waals surface area contributed by atoms with Crippen LogP contribution in [-0.4, -0.2) is 41.2 Å². The predicted octanol–water partition coefficient (Wildman–Crippen LogP) is 2.56. The Bertz CT molecular complexity index is 578. The molecule has 1 unspecified atom stereocenters. The summed E-state index contributed by atoms with van der Waals surface area (Å²) >= 11 is 0. The van der Waals surface area contributed by atoms with Gasteiger partial charge in [-0.25, -0.2) is 9.37 Å². The van der Waals surface area contributed by atoms with Crippen molar-refractivity contribution >= 4 is 11.0 Å². The van der Waals surface area contributed by atoms with Gasteiger partial charge in [0.2, 0.25) is 0 Å². The molecule has 2 heterocycles. The highest BCUT2D eigenvalue weighted by Crippen LogP contribution is 2.18. The first-order valence-corrected chi connectivity index (χ1v) is 7.19. The van der Waals surface area contributed by atoms with Crippen LogP contribution in [0.1, 0.15) is 19.2 Å². The minimum Gasteiger partial charge on any atom is -0.381 e. The molecule has 0 spiro atoms. The number of hydrogen-bond donors (Lipinski definition) is 1. The molecule has 0 bridgehead atoms. The number of fused-ring (bicyclic) bond motifs is 1. The van der Waals surface area contributed by atoms with E-state index in [1.807, 2.05) is 6.07 Å². The van der Waals surface area contributed by atoms with Crippen molar-refractivity contribution in [3.8, 4) is 0 Å². The fourth-order valence-electron chi connectivity index (χ4n) is 2.73. The summed E-state index contributed by atoms with van der Waals surface area (Å²) in [7, 11) is 0. The van der Waals surface area contributed by atoms with E-state index >= 15 is 0 Å². The number of aromatic nitrogens is 2. The third-order valence-corrected chi connectivity index (χ3v) is 3.87. The Morgan fingerprint density at radius 3 is 3.10 bits per heavy atom. The summed E-state index contributed by atoms with van der Waals surface area (Å²) in [5.74, 6) is 1.17. The number of nitrogens with zero attached hydrogens (tertiary/aromatic N) is 2. The molecule has 0 saturated carbocycles. The van der Waals surface area contributed by atoms with E-state index in [0.29, 0.717) is 11.4 Å². The van der Waals surface area contributed by atoms with Crippen LogP contribution in [0.2, 0.25) is 0 Å². The van der Waals surface area contributed by atoms with Crippen molar-refractivity contribution < 1.29 is 9.13 Å². The molecule has 1 saturated heterocycles. The second kappa shape index (κ2) is 5.89. The highest BCUT2D eigenvalue weighted by Gasteiger charge is 2.19. The molecule has 1 N–H and O–H groups in total. The highest BCUT2D eigenvalue weighted by atomic mass is 19.1. The van der Waals surface area contributed by atoms with Crippen LogP contribution in [0.5, 0.6) is 0 Å². The number of aromatic amines is 1. The van der Waals surface area contributed by atoms with Gasteiger partial charge in [0, 0.05) is 13.2 Å². The van der Waals surface area contributed by atoms with E-state index in [2.05, 4.69) is 21.8 Å². The van der Waals surface area contributed by atoms with Gasteiger partial charge in [0.05, 0.1) is 18.7 Å². The molecule has 108 valence electrons. The van der Waals surface area contributed by atoms with Crippen LogP contribution >= 0.6 is 0 Å². The Morgan fingerprint density at radius 2 is 2.40 bits per heavy atom. The van der Waals surface area contributed by atoms with Crippen LogP contribution in [0.3, 0.4) is 0 Å². The molecule has 1 atom stereocenters. The van der Waals surface area contributed by atoms with Crippen molar-refractivity contribution in [2.75, 3.05) is 26.3 Å². The lowest BCUT2D eigenvalue weighted by Gasteiger charge is -2.22. The maximum absolute atomic E-state index is 13.6. The molecular weight excluding hydrogens is 257 g/mol. The molecule has 0 aliphatic carbocycles. The van der Waals surface area contributed by atoms with Gasteiger partial charge in [-0.2, -0.15) is 0 Å². The molecule has 0 amide bonds. The quantitative estimate of drug-likeness (QED) is 0.913. The maximum atomic E-state index is 13.6. The van der Waals surface area contributed by atoms with Crippen molar-refractivity contribution in [1.82, 2.24) is 14.9 Å². The van der Waals surface area contributed by atoms with Gasteiger partial charge in [-0.05, 0) is 31.0 Å². The Labute approximate surface area is 117 Å². The summed E-state index contributed by atoms with van der Waals surface area (Å²) in [6.45, 7) is 6.55. The maximum Gasteiger partial charge on any atom is 0.151 e. The molecule has 2 aromatic rings. The predicted molar refractivity (Wildman–Crippen MR) is 75.9 cm³/mol. The zero-order valence-corrected chi connectivity index (χ0v) is 11.7. The average Bonchev–Trinajstić information content (AvgIpc) is 3.07. The summed E-state index contributed by atoms with van der Waals surface area (Å²) in [5.41, 5.74) is 1.20. The normalized spacial score (nSPS) is 19.2. The zero-order chi connectivity index (χ0) is 13.9. The van der Waals surface area contributed by atoms with E-state index in [4.69, 9.17) is 4.74 Å². The van der Waals surface area contributed by atoms with Gasteiger partial charge in [0.25, 0.3) is 0 Å². The summed E-state index contributed by atoms with van der Waals surface area (Å²) in [4.78, 5) is 9.90. The molecule has 0 radical (unpaired) electrons. The molecule has 1 aromatic carbocycles. The van der Waals surface area contributed by atoms with Crippen LogP contribution < -0.4 is 0 Å². The number of halogens is 1. The van der Waals surface area contributed by atoms with Gasteiger partial charge in [0.15, 0.2) is 5.82 Å². The van der Waals surface area contributed by atoms with Crippen LogP contribution in [0.15, 0.2) is 18.2 Å². The van der Waals surface area contributed by atoms with E-state index in [1.165, 1.54) is 6.07 Å². The lowest BCUT2D eigenvalue weighted by molar-refractivity contribution is 0.166. The van der Waals surface area contributed by atoms with E-state index in [1.54, 1.807) is 6.07 Å². The van der Waals surface area contributed by atoms with E-state index in [9.17, 15) is 4.39 Å². The number of ether oxygens (including phenoxy) is 1. The SMILES string of the molecule is CCN(Cc1nc2c(F)cccc2[nH]1)CC1CCOC1. The summed E-state index contributed by atoms with van der Waals surface area (Å²) in [5, 5.41) is 0. The zero-order valence-electron chi connectivity index (χ0n) is 11.7. The first kappa shape index (κ1) is 13.5. The molecule has 5 heteroatoms. The van der Waals surface area contributed by atoms with Crippen LogP contribution in [0, 0.1) is 11.7 Å². The van der Waals surface area contributed by atoms with Crippen LogP contribution in [0.4, 0.5) is 4.39 Å². The number of hydrogen-bond acceptors (Lipinski definition) is 3. The number of nitrogens with one attached hydrogen (secondary N) is 1. The molecule has 3 rings (SSSR count). The number of benzene rings is 1. The number of imidazole rings is 1. The summed E-state index contributed by atoms with van der Waals surface area (Å²) in [6, 6.07) is 5.00. The average molecular weight is 277 g/mol. The van der Waals surface area contributed by atoms with Gasteiger partial charge in [0.1, 0.15) is 11.3 Å². The summed E-state index contributed by atoms with van der Waals surface area (Å²) < 4.78 is 19.1. The second-order valence-electron chi connectivity index (χ2n) is 5.38. The van der Waals surface area contributed by atoms with Gasteiger partial charge in [-0.3, -0.25) is 4.90 Å². The minimum atomic E-state index is -0.266. The van der Waals surface area contributed by atoms with Gasteiger partial charge in [-0.15, -0.1) is 0 Å². The Morgan fingerprint density at radius 1 is 1.50 bits per heavy atom. The van der Waals surface area contributed by atoms with Crippen molar-refractivity contribution in [2.24, 2.45) is 5.92 Å². The Hall–Kier alpha value is -1.46. The smallest absolute Gasteiger partial charge is 0.151 e. The molecule has 4 nitrogen and oxygen atoms in total. The van der Waals surface area contributed by atoms with Crippen molar-refractivity contribution in [1.29, 1.82) is 0 Å². The lowest BCUT2D eigenvalue weighted by Crippen LogP contribution is -2.29. The molecule has 1 fully saturated rings. The van der Waals surface area contributed by atoms with Gasteiger partial charge < -0.3 is 9.72 Å². The first-order chi connectivity index (χ1) is 9.76. The Kier molecular flexibility index (Phi) is 3.98. The number of H-pyrrole nitrogens is 1. The third-order valence-electron chi connectivity index (χ3n) is 3.87. The van der Waals surface area contributed by atoms with E-state index < -0.39 is 0 Å². The molecular formula is C15H20FN3O. The molecule has 1 aromatic heterocycles. The van der Waals surface area contributed by atoms with Crippen molar-refractivity contribution in [3.05, 3.63) is 29.8 Å². The van der Waals surface area contributed by atoms with Crippen LogP contribution in [0.25, 0.3) is 11.0 Å². The van der Waals surface area contributed by atoms with Crippen molar-refractivity contribution in [3.63, 3.8) is 0 Å². The highest BCUT2D eigenvalue weighted by molar-refractivity contribution is 5.75. The summed E-state index contributed by atoms with van der Waals surface area (Å²) in [6.07, 6.45) is 1.13. The van der Waals surface area contributed by atoms with Crippen LogP contribution in [-0.2, 0) is 11.3 Å². The number of rotatable bonds is 5. The van der Waals surface area contributed by atoms with E-state index in [0.717, 1.165) is 50.6 Å². The molecule has 1 aliphatic rings. The van der Waals surface area contributed by atoms with E-state index in [-0.39, 0.29) is 5.82 Å². The molecule has 20 heavy (non-hydrogen) atoms. The standard InChI is InChI=1S/C15H20FN3O/c1-2-19(8-11-6-7-20-10-11)9-14-17-13-5-3-4-12(16)15(13)18-14/h3-5,11H,2,6-10H2,1H3,(H,17,18). The second-order valence-corrected chi connectivity index (χ2v) is 5.38. The fourth-order valence-corrected chi connectivity index (χ4v) is 2.73. The fraction of sp³-hybridized carbons (Fsp3) is 0.533. The van der Waals surface area contributed by atoms with Crippen molar-refractivity contribution in [2.45, 2.75) is 19.9 Å². The van der Waals surface area contributed by atoms with Gasteiger partial charge >= 0.3 is 0 Å². The largest absolute Gasteiger partial charge is 0.381 e. The topological polar surface area (TPSA) is 41.2 Å². The van der Waals surface area contributed by atoms with Gasteiger partial charge in [-0.1, -0.05) is 13.0 Å². The minimum absolute atomic E-state index is 0.266. The molecule has 1 aliphatic heterocycles. The first-order valence-electron chi connectivity index (χ1n) is 7.19. The third kappa shape index (κ3) is 2.83. The monoisotopic (exact) mass is 277 g/mol. The lowest BCUT2D eigenvalue weighted by atomic mass is 10.1. The Balaban J connectivity index is 1.71. The number of para-hydroxylation sites is 1.